The average molecular weight is 526 g/mol. The number of nitrogens with zero attached hydrogens (tertiary/aromatic N) is 2. The summed E-state index contributed by atoms with van der Waals surface area (Å²) in [7, 11) is -9.89. The molecule has 178 valence electrons. The van der Waals surface area contributed by atoms with E-state index >= 15 is 0 Å². The number of carbonyl (C=O) groups excluding carboxylic acids is 1. The van der Waals surface area contributed by atoms with Gasteiger partial charge in [0.2, 0.25) is 0 Å². The van der Waals surface area contributed by atoms with E-state index in [2.05, 4.69) is 9.88 Å². The van der Waals surface area contributed by atoms with E-state index in [0.29, 0.717) is 19.6 Å². The Labute approximate surface area is 187 Å². The smallest absolute Gasteiger partial charge is 0.543 e. The maximum atomic E-state index is 10.0. The van der Waals surface area contributed by atoms with Gasteiger partial charge in [0, 0.05) is 45.5 Å². The summed E-state index contributed by atoms with van der Waals surface area (Å²) in [5.41, 5.74) is 16.1. The molecule has 0 aliphatic carbocycles. The third kappa shape index (κ3) is 45.8. The molecule has 30 heavy (non-hydrogen) atoms. The van der Waals surface area contributed by atoms with E-state index in [1.165, 1.54) is 12.3 Å². The van der Waals surface area contributed by atoms with Gasteiger partial charge in [-0.1, -0.05) is 6.07 Å². The van der Waals surface area contributed by atoms with Gasteiger partial charge in [-0.15, -0.1) is 20.5 Å². The molecule has 1 aromatic heterocycles. The Hall–Kier alpha value is -0.774. The molecule has 0 aliphatic rings. The van der Waals surface area contributed by atoms with Gasteiger partial charge in [0.25, 0.3) is 0 Å². The first-order valence-corrected chi connectivity index (χ1v) is 9.81. The molecular formula is C12H22Cl2CoN5O10. The molecule has 1 aromatic rings. The summed E-state index contributed by atoms with van der Waals surface area (Å²) < 4.78 is 67.9. The van der Waals surface area contributed by atoms with E-state index in [1.807, 2.05) is 0 Å². The third-order valence-corrected chi connectivity index (χ3v) is 2.21. The van der Waals surface area contributed by atoms with Gasteiger partial charge < -0.3 is 27.1 Å². The van der Waals surface area contributed by atoms with E-state index in [4.69, 9.17) is 54.5 Å². The number of halogens is 2. The fourth-order valence-electron chi connectivity index (χ4n) is 1.37. The number of aromatic nitrogens is 1. The number of pyridine rings is 1. The van der Waals surface area contributed by atoms with Crippen LogP contribution >= 0.6 is 0 Å². The second-order valence-electron chi connectivity index (χ2n) is 4.47. The second-order valence-corrected chi connectivity index (χ2v) is 5.98. The monoisotopic (exact) mass is 525 g/mol. The molecular weight excluding hydrogens is 504 g/mol. The molecule has 0 radical (unpaired) electrons. The topological polar surface area (TPSA) is 319 Å². The van der Waals surface area contributed by atoms with Gasteiger partial charge in [-0.05, 0) is 12.1 Å². The zero-order valence-electron chi connectivity index (χ0n) is 15.4. The van der Waals surface area contributed by atoms with E-state index in [-0.39, 0.29) is 22.5 Å². The van der Waals surface area contributed by atoms with E-state index in [1.54, 1.807) is 12.1 Å². The Morgan fingerprint density at radius 2 is 1.17 bits per heavy atom. The predicted octanol–water partition coefficient (Wildman–Crippen LogP) is -11.9. The maximum Gasteiger partial charge on any atom is 3.00 e. The average Bonchev–Trinajstić information content (AvgIpc) is 2.54. The van der Waals surface area contributed by atoms with Gasteiger partial charge in [-0.2, -0.15) is 0 Å². The summed E-state index contributed by atoms with van der Waals surface area (Å²) in [5, 5.41) is 10.0. The number of aromatic carboxylic acids is 1. The van der Waals surface area contributed by atoms with Gasteiger partial charge in [0.05, 0.1) is 11.7 Å². The Balaban J connectivity index is -0.000000156. The summed E-state index contributed by atoms with van der Waals surface area (Å²) >= 11 is 0. The summed E-state index contributed by atoms with van der Waals surface area (Å²) in [6, 6.07) is 4.62. The molecule has 18 heteroatoms. The maximum absolute atomic E-state index is 10.0. The molecule has 6 N–H and O–H groups in total. The number of hydrogen-bond donors (Lipinski definition) is 3. The number of hydrogen-bond acceptors (Lipinski definition) is 15. The van der Waals surface area contributed by atoms with Gasteiger partial charge in [0.1, 0.15) is 0 Å². The van der Waals surface area contributed by atoms with E-state index < -0.39 is 26.5 Å². The van der Waals surface area contributed by atoms with Crippen molar-refractivity contribution in [1.29, 1.82) is 0 Å². The Kier molecular flexibility index (Phi) is 26.2. The van der Waals surface area contributed by atoms with Crippen molar-refractivity contribution in [2.24, 2.45) is 17.2 Å². The first-order valence-electron chi connectivity index (χ1n) is 7.34. The summed E-state index contributed by atoms with van der Waals surface area (Å²) in [4.78, 5) is 15.7. The van der Waals surface area contributed by atoms with Crippen molar-refractivity contribution in [3.8, 4) is 0 Å². The number of carbonyl (C=O) groups is 1. The number of carboxylic acids is 1. The number of carboxylic acid groups (broad SMARTS) is 1. The van der Waals surface area contributed by atoms with Crippen LogP contribution in [0.15, 0.2) is 24.4 Å². The second kappa shape index (κ2) is 21.5. The summed E-state index contributed by atoms with van der Waals surface area (Å²) in [5.74, 6) is -1.24. The van der Waals surface area contributed by atoms with Crippen LogP contribution in [0.25, 0.3) is 0 Å². The van der Waals surface area contributed by atoms with Crippen LogP contribution in [-0.4, -0.2) is 55.1 Å². The van der Waals surface area contributed by atoms with Crippen LogP contribution in [0, 0.1) is 20.5 Å². The van der Waals surface area contributed by atoms with E-state index in [0.717, 1.165) is 19.6 Å². The van der Waals surface area contributed by atoms with Gasteiger partial charge >= 0.3 is 16.8 Å². The molecule has 15 nitrogen and oxygen atoms in total. The molecule has 0 saturated heterocycles. The number of nitrogens with two attached hydrogens (primary N) is 3. The molecule has 1 heterocycles. The van der Waals surface area contributed by atoms with E-state index in [9.17, 15) is 9.90 Å². The first kappa shape index (κ1) is 36.6. The molecule has 0 aliphatic heterocycles. The quantitative estimate of drug-likeness (QED) is 0.297. The fraction of sp³-hybridized carbons (Fsp3) is 0.500. The van der Waals surface area contributed by atoms with Crippen molar-refractivity contribution < 1.29 is 84.4 Å². The Morgan fingerprint density at radius 1 is 0.833 bits per heavy atom. The molecule has 0 unspecified atom stereocenters. The first-order chi connectivity index (χ1) is 13.2. The SMILES string of the molecule is NCCN(CCN)CCN.O=C([O-])c1ccccn1.[Co+3].[O-][Cl+3]([O-])([O-])[O-].[O-][Cl+3]([O-])([O-])[O-]. The van der Waals surface area contributed by atoms with Crippen molar-refractivity contribution >= 4 is 5.97 Å². The van der Waals surface area contributed by atoms with Crippen LogP contribution in [0.5, 0.6) is 0 Å². The minimum absolute atomic E-state index is 0. The standard InChI is InChI=1S/C6H18N4.C6H5NO2.2ClHO4.Co/c7-1-4-10(5-2-8)6-3-9;8-6(9)5-3-1-2-4-7-5;2*2-1(3,4)5;/h1-9H2;1-4H,(H,8,9);2*(H,2,3,4,5);/q;;;;+3/p-3. The van der Waals surface area contributed by atoms with Gasteiger partial charge in [0.15, 0.2) is 0 Å². The number of rotatable bonds is 7. The van der Waals surface area contributed by atoms with Crippen LogP contribution in [0.2, 0.25) is 0 Å². The molecule has 1 rings (SSSR count). The van der Waals surface area contributed by atoms with Crippen molar-refractivity contribution in [1.82, 2.24) is 9.88 Å². The van der Waals surface area contributed by atoms with Crippen molar-refractivity contribution in [2.45, 2.75) is 0 Å². The minimum atomic E-state index is -4.94. The van der Waals surface area contributed by atoms with Crippen LogP contribution in [-0.2, 0) is 16.8 Å². The molecule has 0 aromatic carbocycles. The van der Waals surface area contributed by atoms with Crippen LogP contribution in [0.3, 0.4) is 0 Å². The van der Waals surface area contributed by atoms with Crippen molar-refractivity contribution in [2.75, 3.05) is 39.3 Å². The fourth-order valence-corrected chi connectivity index (χ4v) is 1.37. The van der Waals surface area contributed by atoms with Crippen molar-refractivity contribution in [3.63, 3.8) is 0 Å². The molecule has 0 saturated carbocycles. The zero-order chi connectivity index (χ0) is 23.5. The molecule has 0 atom stereocenters. The molecule has 0 spiro atoms. The van der Waals surface area contributed by atoms with Crippen LogP contribution in [0.1, 0.15) is 10.5 Å². The van der Waals surface area contributed by atoms with Crippen LogP contribution < -0.4 is 59.6 Å². The molecule has 0 bridgehead atoms. The van der Waals surface area contributed by atoms with Gasteiger partial charge in [-0.3, -0.25) is 9.88 Å². The summed E-state index contributed by atoms with van der Waals surface area (Å²) in [6.45, 7) is 4.73. The molecule has 0 amide bonds. The third-order valence-electron chi connectivity index (χ3n) is 2.21. The van der Waals surface area contributed by atoms with Crippen molar-refractivity contribution in [3.05, 3.63) is 30.1 Å². The van der Waals surface area contributed by atoms with Gasteiger partial charge in [-0.25, -0.2) is 37.3 Å². The van der Waals surface area contributed by atoms with Crippen LogP contribution in [0.4, 0.5) is 0 Å². The Bertz CT molecular complexity index is 472. The zero-order valence-corrected chi connectivity index (χ0v) is 17.9. The predicted molar refractivity (Wildman–Crippen MR) is 72.2 cm³/mol. The summed E-state index contributed by atoms with van der Waals surface area (Å²) in [6.07, 6.45) is 1.41. The Morgan fingerprint density at radius 3 is 1.33 bits per heavy atom. The minimum Gasteiger partial charge on any atom is -0.543 e. The molecule has 0 fully saturated rings. The largest absolute Gasteiger partial charge is 3.00 e. The normalized spacial score (nSPS) is 10.3.